The van der Waals surface area contributed by atoms with Crippen LogP contribution < -0.4 is 15.4 Å². The first-order chi connectivity index (χ1) is 17.4. The number of benzene rings is 1. The van der Waals surface area contributed by atoms with Crippen LogP contribution in [0, 0.1) is 0 Å². The van der Waals surface area contributed by atoms with E-state index in [9.17, 15) is 14.7 Å². The molecule has 3 N–H and O–H groups in total. The number of carboxylic acid groups (broad SMARTS) is 1. The maximum atomic E-state index is 12.6. The molecule has 0 spiro atoms. The number of anilines is 1. The van der Waals surface area contributed by atoms with E-state index in [1.165, 1.54) is 18.0 Å². The van der Waals surface area contributed by atoms with E-state index in [1.54, 1.807) is 24.3 Å². The van der Waals surface area contributed by atoms with E-state index in [1.807, 2.05) is 0 Å². The lowest BCUT2D eigenvalue weighted by molar-refractivity contribution is -0.139. The summed E-state index contributed by atoms with van der Waals surface area (Å²) in [5.41, 5.74) is 3.03. The molecule has 0 saturated carbocycles. The van der Waals surface area contributed by atoms with Crippen molar-refractivity contribution in [2.75, 3.05) is 18.5 Å². The average molecular weight is 529 g/mol. The van der Waals surface area contributed by atoms with Crippen molar-refractivity contribution >= 4 is 40.9 Å². The molecule has 1 aliphatic heterocycles. The van der Waals surface area contributed by atoms with Gasteiger partial charge in [0.15, 0.2) is 0 Å². The van der Waals surface area contributed by atoms with Gasteiger partial charge in [-0.3, -0.25) is 9.78 Å². The Labute approximate surface area is 219 Å². The molecule has 0 bridgehead atoms. The SMILES string of the molecule is O=C(NC(Cc1ccc(OCCCc2ccc3c(n2)NCCC3)cc1)C(=O)O)c1c(Cl)cncc1Cl. The minimum Gasteiger partial charge on any atom is -0.494 e. The number of carbonyl (C=O) groups excluding carboxylic acids is 1. The molecule has 2 aromatic heterocycles. The molecule has 8 nitrogen and oxygen atoms in total. The van der Waals surface area contributed by atoms with Crippen LogP contribution >= 0.6 is 23.2 Å². The van der Waals surface area contributed by atoms with Crippen LogP contribution in [0.2, 0.25) is 10.0 Å². The number of carboxylic acids is 1. The summed E-state index contributed by atoms with van der Waals surface area (Å²) < 4.78 is 5.83. The zero-order valence-corrected chi connectivity index (χ0v) is 21.0. The number of nitrogens with zero attached hydrogens (tertiary/aromatic N) is 2. The van der Waals surface area contributed by atoms with Crippen molar-refractivity contribution in [3.05, 3.63) is 81.2 Å². The van der Waals surface area contributed by atoms with Crippen molar-refractivity contribution in [2.45, 2.75) is 38.1 Å². The summed E-state index contributed by atoms with van der Waals surface area (Å²) in [6.07, 6.45) is 6.48. The number of ether oxygens (including phenoxy) is 1. The highest BCUT2D eigenvalue weighted by Gasteiger charge is 2.24. The Hall–Kier alpha value is -3.36. The Morgan fingerprint density at radius 1 is 1.11 bits per heavy atom. The zero-order chi connectivity index (χ0) is 25.5. The van der Waals surface area contributed by atoms with Gasteiger partial charge in [0.2, 0.25) is 0 Å². The highest BCUT2D eigenvalue weighted by atomic mass is 35.5. The van der Waals surface area contributed by atoms with Crippen LogP contribution in [0.15, 0.2) is 48.8 Å². The minimum atomic E-state index is -1.17. The zero-order valence-electron chi connectivity index (χ0n) is 19.5. The molecule has 0 fully saturated rings. The number of aromatic nitrogens is 2. The molecule has 3 aromatic rings. The number of halogens is 2. The van der Waals surface area contributed by atoms with E-state index in [4.69, 9.17) is 32.9 Å². The highest BCUT2D eigenvalue weighted by molar-refractivity contribution is 6.39. The smallest absolute Gasteiger partial charge is 0.326 e. The van der Waals surface area contributed by atoms with Crippen molar-refractivity contribution in [1.82, 2.24) is 15.3 Å². The van der Waals surface area contributed by atoms with Crippen molar-refractivity contribution in [1.29, 1.82) is 0 Å². The second kappa shape index (κ2) is 12.1. The lowest BCUT2D eigenvalue weighted by Crippen LogP contribution is -2.42. The van der Waals surface area contributed by atoms with Gasteiger partial charge in [0.05, 0.1) is 22.2 Å². The number of hydrogen-bond acceptors (Lipinski definition) is 6. The van der Waals surface area contributed by atoms with Crippen LogP contribution in [0.5, 0.6) is 5.75 Å². The number of fused-ring (bicyclic) bond motifs is 1. The van der Waals surface area contributed by atoms with Gasteiger partial charge in [-0.25, -0.2) is 9.78 Å². The van der Waals surface area contributed by atoms with Crippen molar-refractivity contribution in [2.24, 2.45) is 0 Å². The molecule has 0 aliphatic carbocycles. The number of aryl methyl sites for hydroxylation is 2. The van der Waals surface area contributed by atoms with Gasteiger partial charge in [0.1, 0.15) is 17.6 Å². The average Bonchev–Trinajstić information content (AvgIpc) is 2.87. The molecule has 0 saturated heterocycles. The molecular weight excluding hydrogens is 503 g/mol. The Kier molecular flexibility index (Phi) is 8.61. The second-order valence-electron chi connectivity index (χ2n) is 8.48. The van der Waals surface area contributed by atoms with Crippen molar-refractivity contribution in [3.63, 3.8) is 0 Å². The summed E-state index contributed by atoms with van der Waals surface area (Å²) in [5, 5.41) is 15.5. The van der Waals surface area contributed by atoms with Gasteiger partial charge < -0.3 is 20.5 Å². The third-order valence-corrected chi connectivity index (χ3v) is 6.42. The number of rotatable bonds is 10. The van der Waals surface area contributed by atoms with Gasteiger partial charge in [-0.2, -0.15) is 0 Å². The maximum absolute atomic E-state index is 12.6. The number of amides is 1. The van der Waals surface area contributed by atoms with E-state index in [-0.39, 0.29) is 22.0 Å². The summed E-state index contributed by atoms with van der Waals surface area (Å²) in [5.74, 6) is -0.164. The highest BCUT2D eigenvalue weighted by Crippen LogP contribution is 2.23. The Morgan fingerprint density at radius 2 is 1.86 bits per heavy atom. The first-order valence-corrected chi connectivity index (χ1v) is 12.4. The largest absolute Gasteiger partial charge is 0.494 e. The van der Waals surface area contributed by atoms with Crippen LogP contribution in [0.25, 0.3) is 0 Å². The molecule has 1 amide bonds. The minimum absolute atomic E-state index is 0.00909. The van der Waals surface area contributed by atoms with Gasteiger partial charge >= 0.3 is 5.97 Å². The molecule has 4 rings (SSSR count). The van der Waals surface area contributed by atoms with Gasteiger partial charge in [-0.1, -0.05) is 41.4 Å². The number of carbonyl (C=O) groups is 2. The third-order valence-electron chi connectivity index (χ3n) is 5.84. The topological polar surface area (TPSA) is 113 Å². The molecule has 0 radical (unpaired) electrons. The third kappa shape index (κ3) is 6.65. The van der Waals surface area contributed by atoms with E-state index in [2.05, 4.69) is 27.8 Å². The molecular formula is C26H26Cl2N4O4. The number of aliphatic carboxylic acids is 1. The fourth-order valence-electron chi connectivity index (χ4n) is 3.97. The van der Waals surface area contributed by atoms with Crippen molar-refractivity contribution in [3.8, 4) is 5.75 Å². The summed E-state index contributed by atoms with van der Waals surface area (Å²) >= 11 is 12.0. The molecule has 3 heterocycles. The van der Waals surface area contributed by atoms with Gasteiger partial charge in [0, 0.05) is 31.1 Å². The number of hydrogen-bond donors (Lipinski definition) is 3. The van der Waals surface area contributed by atoms with E-state index >= 15 is 0 Å². The first kappa shape index (κ1) is 25.7. The summed E-state index contributed by atoms with van der Waals surface area (Å²) in [7, 11) is 0. The molecule has 1 aromatic carbocycles. The fourth-order valence-corrected chi connectivity index (χ4v) is 4.50. The van der Waals surface area contributed by atoms with Crippen LogP contribution in [0.3, 0.4) is 0 Å². The van der Waals surface area contributed by atoms with Gasteiger partial charge in [0.25, 0.3) is 5.91 Å². The molecule has 1 atom stereocenters. The maximum Gasteiger partial charge on any atom is 0.326 e. The Bertz CT molecular complexity index is 1220. The van der Waals surface area contributed by atoms with Gasteiger partial charge in [-0.15, -0.1) is 0 Å². The van der Waals surface area contributed by atoms with E-state index in [0.717, 1.165) is 49.3 Å². The summed E-state index contributed by atoms with van der Waals surface area (Å²) in [6, 6.07) is 10.2. The second-order valence-corrected chi connectivity index (χ2v) is 9.30. The predicted molar refractivity (Wildman–Crippen MR) is 138 cm³/mol. The van der Waals surface area contributed by atoms with Crippen molar-refractivity contribution < 1.29 is 19.4 Å². The van der Waals surface area contributed by atoms with Crippen LogP contribution in [-0.2, 0) is 24.1 Å². The standard InChI is InChI=1S/C26H26Cl2N4O4/c27-20-14-29-15-21(28)23(20)25(33)32-22(26(34)35)13-16-5-9-19(10-6-16)36-12-2-4-18-8-7-17-3-1-11-30-24(17)31-18/h5-10,14-15,22H,1-4,11-13H2,(H,30,31)(H,32,33)(H,34,35). The Morgan fingerprint density at radius 3 is 2.58 bits per heavy atom. The number of nitrogens with one attached hydrogen (secondary N) is 2. The lowest BCUT2D eigenvalue weighted by Gasteiger charge is -2.17. The van der Waals surface area contributed by atoms with E-state index < -0.39 is 17.9 Å². The summed E-state index contributed by atoms with van der Waals surface area (Å²) in [6.45, 7) is 1.50. The molecule has 10 heteroatoms. The van der Waals surface area contributed by atoms with Crippen LogP contribution in [0.1, 0.15) is 40.0 Å². The lowest BCUT2D eigenvalue weighted by atomic mass is 10.1. The quantitative estimate of drug-likeness (QED) is 0.330. The molecule has 188 valence electrons. The van der Waals surface area contributed by atoms with Crippen LogP contribution in [-0.4, -0.2) is 46.1 Å². The summed E-state index contributed by atoms with van der Waals surface area (Å²) in [4.78, 5) is 32.8. The molecule has 36 heavy (non-hydrogen) atoms. The van der Waals surface area contributed by atoms with Crippen LogP contribution in [0.4, 0.5) is 5.82 Å². The number of pyridine rings is 2. The Balaban J connectivity index is 1.27. The first-order valence-electron chi connectivity index (χ1n) is 11.7. The van der Waals surface area contributed by atoms with Gasteiger partial charge in [-0.05, 0) is 55.0 Å². The fraction of sp³-hybridized carbons (Fsp3) is 0.308. The monoisotopic (exact) mass is 528 g/mol. The molecule has 1 unspecified atom stereocenters. The normalized spacial score (nSPS) is 13.3. The predicted octanol–water partition coefficient (Wildman–Crippen LogP) is 4.58. The molecule has 1 aliphatic rings. The van der Waals surface area contributed by atoms with E-state index in [0.29, 0.717) is 12.4 Å².